The summed E-state index contributed by atoms with van der Waals surface area (Å²) in [4.78, 5) is 14.2. The molecule has 0 saturated carbocycles. The van der Waals surface area contributed by atoms with Gasteiger partial charge in [0.25, 0.3) is 5.91 Å². The molecule has 1 aromatic carbocycles. The van der Waals surface area contributed by atoms with E-state index in [1.54, 1.807) is 4.90 Å². The summed E-state index contributed by atoms with van der Waals surface area (Å²) < 4.78 is 5.68. The van der Waals surface area contributed by atoms with E-state index in [2.05, 4.69) is 11.8 Å². The minimum absolute atomic E-state index is 0.000530. The van der Waals surface area contributed by atoms with Crippen molar-refractivity contribution in [2.24, 2.45) is 5.73 Å². The average Bonchev–Trinajstić information content (AvgIpc) is 2.53. The first-order chi connectivity index (χ1) is 10.2. The van der Waals surface area contributed by atoms with Crippen LogP contribution in [0.25, 0.3) is 0 Å². The Bertz CT molecular complexity index is 539. The monoisotopic (exact) mass is 286 g/mol. The molecule has 1 atom stereocenters. The summed E-state index contributed by atoms with van der Waals surface area (Å²) in [5.41, 5.74) is 6.83. The lowest BCUT2D eigenvalue weighted by Crippen LogP contribution is -2.37. The second-order valence-electron chi connectivity index (χ2n) is 5.26. The van der Waals surface area contributed by atoms with Gasteiger partial charge in [-0.25, -0.2) is 0 Å². The van der Waals surface area contributed by atoms with Crippen molar-refractivity contribution in [1.29, 1.82) is 0 Å². The summed E-state index contributed by atoms with van der Waals surface area (Å²) in [7, 11) is 1.82. The minimum Gasteiger partial charge on any atom is -0.376 e. The summed E-state index contributed by atoms with van der Waals surface area (Å²) in [6.45, 7) is 1.76. The summed E-state index contributed by atoms with van der Waals surface area (Å²) in [6, 6.07) is 7.35. The lowest BCUT2D eigenvalue weighted by atomic mass is 10.1. The molecule has 0 radical (unpaired) electrons. The first-order valence-corrected chi connectivity index (χ1v) is 7.37. The fourth-order valence-corrected chi connectivity index (χ4v) is 2.44. The summed E-state index contributed by atoms with van der Waals surface area (Å²) >= 11 is 0. The van der Waals surface area contributed by atoms with Crippen LogP contribution in [0.2, 0.25) is 0 Å². The first kappa shape index (κ1) is 15.6. The molecule has 1 aliphatic heterocycles. The van der Waals surface area contributed by atoms with Crippen molar-refractivity contribution in [2.45, 2.75) is 25.4 Å². The second kappa shape index (κ2) is 7.82. The number of benzene rings is 1. The van der Waals surface area contributed by atoms with Crippen molar-refractivity contribution in [3.63, 3.8) is 0 Å². The molecule has 1 fully saturated rings. The van der Waals surface area contributed by atoms with Crippen LogP contribution in [0.4, 0.5) is 0 Å². The van der Waals surface area contributed by atoms with E-state index in [1.807, 2.05) is 31.3 Å². The van der Waals surface area contributed by atoms with Crippen LogP contribution in [-0.4, -0.2) is 43.7 Å². The van der Waals surface area contributed by atoms with E-state index in [4.69, 9.17) is 10.5 Å². The summed E-state index contributed by atoms with van der Waals surface area (Å²) in [6.07, 6.45) is 3.49. The normalized spacial score (nSPS) is 17.7. The summed E-state index contributed by atoms with van der Waals surface area (Å²) in [5.74, 6) is 5.75. The highest BCUT2D eigenvalue weighted by atomic mass is 16.5. The van der Waals surface area contributed by atoms with Crippen LogP contribution in [0.15, 0.2) is 24.3 Å². The van der Waals surface area contributed by atoms with Crippen molar-refractivity contribution < 1.29 is 9.53 Å². The van der Waals surface area contributed by atoms with Gasteiger partial charge < -0.3 is 15.4 Å². The van der Waals surface area contributed by atoms with Crippen LogP contribution in [0, 0.1) is 11.8 Å². The molecule has 1 aromatic rings. The maximum absolute atomic E-state index is 12.4. The van der Waals surface area contributed by atoms with Crippen molar-refractivity contribution in [3.05, 3.63) is 35.4 Å². The highest BCUT2D eigenvalue weighted by molar-refractivity contribution is 5.94. The average molecular weight is 286 g/mol. The number of hydrogen-bond acceptors (Lipinski definition) is 3. The number of likely N-dealkylation sites (N-methyl/N-ethyl adjacent to an activating group) is 1. The predicted molar refractivity (Wildman–Crippen MR) is 82.9 cm³/mol. The van der Waals surface area contributed by atoms with Gasteiger partial charge in [0.2, 0.25) is 0 Å². The maximum atomic E-state index is 12.4. The minimum atomic E-state index is 0.000530. The van der Waals surface area contributed by atoms with Crippen LogP contribution >= 0.6 is 0 Å². The maximum Gasteiger partial charge on any atom is 0.253 e. The number of carbonyl (C=O) groups is 1. The van der Waals surface area contributed by atoms with Gasteiger partial charge in [0.1, 0.15) is 0 Å². The smallest absolute Gasteiger partial charge is 0.253 e. The SMILES string of the molecule is CN(CC1CCCCO1)C(=O)c1cccc(C#CCN)c1. The van der Waals surface area contributed by atoms with E-state index in [0.717, 1.165) is 25.0 Å². The Morgan fingerprint density at radius 3 is 3.05 bits per heavy atom. The zero-order valence-corrected chi connectivity index (χ0v) is 12.5. The highest BCUT2D eigenvalue weighted by Gasteiger charge is 2.19. The Hall–Kier alpha value is -1.83. The molecule has 1 unspecified atom stereocenters. The molecule has 0 bridgehead atoms. The first-order valence-electron chi connectivity index (χ1n) is 7.37. The van der Waals surface area contributed by atoms with Gasteiger partial charge in [-0.2, -0.15) is 0 Å². The van der Waals surface area contributed by atoms with Crippen LogP contribution < -0.4 is 5.73 Å². The van der Waals surface area contributed by atoms with Crippen LogP contribution in [0.5, 0.6) is 0 Å². The van der Waals surface area contributed by atoms with E-state index >= 15 is 0 Å². The topological polar surface area (TPSA) is 55.6 Å². The quantitative estimate of drug-likeness (QED) is 0.859. The van der Waals surface area contributed by atoms with Gasteiger partial charge in [0.15, 0.2) is 0 Å². The number of hydrogen-bond donors (Lipinski definition) is 1. The molecule has 4 heteroatoms. The molecular formula is C17H22N2O2. The standard InChI is InChI=1S/C17H22N2O2/c1-19(13-16-9-2-3-11-21-16)17(20)15-8-4-6-14(12-15)7-5-10-18/h4,6,8,12,16H,2-3,9-11,13,18H2,1H3. The molecule has 2 N–H and O–H groups in total. The predicted octanol–water partition coefficient (Wildman–Crippen LogP) is 1.64. The van der Waals surface area contributed by atoms with Crippen LogP contribution in [0.3, 0.4) is 0 Å². The molecule has 21 heavy (non-hydrogen) atoms. The fraction of sp³-hybridized carbons (Fsp3) is 0.471. The van der Waals surface area contributed by atoms with E-state index in [-0.39, 0.29) is 12.0 Å². The van der Waals surface area contributed by atoms with E-state index < -0.39 is 0 Å². The third-order valence-corrected chi connectivity index (χ3v) is 3.54. The Labute approximate surface area is 126 Å². The Morgan fingerprint density at radius 2 is 2.33 bits per heavy atom. The van der Waals surface area contributed by atoms with Gasteiger partial charge >= 0.3 is 0 Å². The molecule has 0 aromatic heterocycles. The molecule has 112 valence electrons. The molecule has 4 nitrogen and oxygen atoms in total. The molecule has 0 aliphatic carbocycles. The van der Waals surface area contributed by atoms with Gasteiger partial charge in [-0.05, 0) is 37.5 Å². The third kappa shape index (κ3) is 4.59. The van der Waals surface area contributed by atoms with E-state index in [9.17, 15) is 4.79 Å². The number of carbonyl (C=O) groups excluding carboxylic acids is 1. The number of rotatable bonds is 3. The largest absolute Gasteiger partial charge is 0.376 e. The van der Waals surface area contributed by atoms with Crippen molar-refractivity contribution in [3.8, 4) is 11.8 Å². The van der Waals surface area contributed by atoms with Gasteiger partial charge in [-0.3, -0.25) is 4.79 Å². The van der Waals surface area contributed by atoms with Gasteiger partial charge in [0, 0.05) is 31.3 Å². The Morgan fingerprint density at radius 1 is 1.48 bits per heavy atom. The molecule has 1 amide bonds. The van der Waals surface area contributed by atoms with Gasteiger partial charge in [-0.15, -0.1) is 0 Å². The Balaban J connectivity index is 2.01. The molecule has 2 rings (SSSR count). The molecule has 1 aliphatic rings. The second-order valence-corrected chi connectivity index (χ2v) is 5.26. The van der Waals surface area contributed by atoms with Crippen LogP contribution in [-0.2, 0) is 4.74 Å². The highest BCUT2D eigenvalue weighted by Crippen LogP contribution is 2.15. The molecule has 1 heterocycles. The molecule has 0 spiro atoms. The molecule has 1 saturated heterocycles. The van der Waals surface area contributed by atoms with Crippen molar-refractivity contribution in [2.75, 3.05) is 26.7 Å². The van der Waals surface area contributed by atoms with Crippen LogP contribution in [0.1, 0.15) is 35.2 Å². The van der Waals surface area contributed by atoms with Crippen molar-refractivity contribution >= 4 is 5.91 Å². The third-order valence-electron chi connectivity index (χ3n) is 3.54. The number of ether oxygens (including phenoxy) is 1. The zero-order valence-electron chi connectivity index (χ0n) is 12.5. The van der Waals surface area contributed by atoms with Gasteiger partial charge in [0.05, 0.1) is 12.6 Å². The number of nitrogens with zero attached hydrogens (tertiary/aromatic N) is 1. The lowest BCUT2D eigenvalue weighted by Gasteiger charge is -2.27. The molecular weight excluding hydrogens is 264 g/mol. The number of amides is 1. The fourth-order valence-electron chi connectivity index (χ4n) is 2.44. The van der Waals surface area contributed by atoms with Gasteiger partial charge in [-0.1, -0.05) is 17.9 Å². The zero-order chi connectivity index (χ0) is 15.1. The Kier molecular flexibility index (Phi) is 5.79. The summed E-state index contributed by atoms with van der Waals surface area (Å²) in [5, 5.41) is 0. The van der Waals surface area contributed by atoms with Crippen molar-refractivity contribution in [1.82, 2.24) is 4.90 Å². The van der Waals surface area contributed by atoms with E-state index in [0.29, 0.717) is 18.7 Å². The van der Waals surface area contributed by atoms with E-state index in [1.165, 1.54) is 6.42 Å². The lowest BCUT2D eigenvalue weighted by molar-refractivity contribution is -0.000187. The number of nitrogens with two attached hydrogens (primary N) is 1.